The molecule has 4 rings (SSSR count). The first kappa shape index (κ1) is 12.6. The van der Waals surface area contributed by atoms with Crippen molar-refractivity contribution >= 4 is 48.9 Å². The standard InChI is InChI=1S/C12H18I2N2O2/c1-2-11(6-7-3-4-8(11)5-7)18-10(17)9(13)12-14(15-12)16-12/h7-9,15-16H,2-6H2,1H3. The summed E-state index contributed by atoms with van der Waals surface area (Å²) in [5.74, 6) is 1.46. The van der Waals surface area contributed by atoms with Crippen molar-refractivity contribution in [2.75, 3.05) is 0 Å². The minimum atomic E-state index is -1.03. The molecule has 2 bridgehead atoms. The van der Waals surface area contributed by atoms with Gasteiger partial charge in [0.05, 0.1) is 0 Å². The SMILES string of the molecule is CCC1(OC(=O)C(I)C23NI2N3)CC2CCC1C2. The Morgan fingerprint density at radius 1 is 1.56 bits per heavy atom. The van der Waals surface area contributed by atoms with Crippen molar-refractivity contribution in [2.24, 2.45) is 11.8 Å². The van der Waals surface area contributed by atoms with E-state index < -0.39 is 20.4 Å². The van der Waals surface area contributed by atoms with Gasteiger partial charge in [-0.05, 0) is 0 Å². The molecule has 4 unspecified atom stereocenters. The Morgan fingerprint density at radius 2 is 2.28 bits per heavy atom. The third-order valence-electron chi connectivity index (χ3n) is 5.07. The zero-order valence-corrected chi connectivity index (χ0v) is 14.7. The first-order valence-corrected chi connectivity index (χ1v) is 11.2. The average molecular weight is 476 g/mol. The molecule has 6 heteroatoms. The summed E-state index contributed by atoms with van der Waals surface area (Å²) in [6, 6.07) is 0. The number of alkyl halides is 2. The molecule has 2 heterocycles. The normalized spacial score (nSPS) is 45.6. The molecule has 4 aliphatic rings. The zero-order valence-electron chi connectivity index (χ0n) is 10.3. The van der Waals surface area contributed by atoms with Crippen molar-refractivity contribution < 1.29 is 9.53 Å². The van der Waals surface area contributed by atoms with Crippen molar-refractivity contribution in [3.8, 4) is 0 Å². The fourth-order valence-electron chi connectivity index (χ4n) is 3.87. The first-order valence-electron chi connectivity index (χ1n) is 6.72. The number of esters is 1. The van der Waals surface area contributed by atoms with Gasteiger partial charge < -0.3 is 0 Å². The van der Waals surface area contributed by atoms with E-state index >= 15 is 0 Å². The van der Waals surface area contributed by atoms with Gasteiger partial charge in [-0.3, -0.25) is 0 Å². The number of hydrogen-bond acceptors (Lipinski definition) is 4. The molecule has 0 spiro atoms. The van der Waals surface area contributed by atoms with Crippen LogP contribution in [0.25, 0.3) is 0 Å². The summed E-state index contributed by atoms with van der Waals surface area (Å²) in [5.41, 5.74) is -0.122. The van der Waals surface area contributed by atoms with Crippen LogP contribution in [0.1, 0.15) is 39.0 Å². The van der Waals surface area contributed by atoms with E-state index in [-0.39, 0.29) is 19.2 Å². The second-order valence-electron chi connectivity index (χ2n) is 5.97. The van der Waals surface area contributed by atoms with Crippen LogP contribution in [0, 0.1) is 11.8 Å². The Hall–Kier alpha value is 0.850. The van der Waals surface area contributed by atoms with Gasteiger partial charge in [0.2, 0.25) is 0 Å². The molecular weight excluding hydrogens is 458 g/mol. The van der Waals surface area contributed by atoms with Crippen LogP contribution in [0.5, 0.6) is 0 Å². The molecule has 4 fully saturated rings. The average Bonchev–Trinajstić information content (AvgIpc) is 3.12. The van der Waals surface area contributed by atoms with Crippen LogP contribution in [0.4, 0.5) is 0 Å². The van der Waals surface area contributed by atoms with E-state index in [4.69, 9.17) is 4.74 Å². The van der Waals surface area contributed by atoms with Crippen LogP contribution in [0.15, 0.2) is 0 Å². The van der Waals surface area contributed by atoms with E-state index in [9.17, 15) is 4.79 Å². The fraction of sp³-hybridized carbons (Fsp3) is 0.917. The van der Waals surface area contributed by atoms with Crippen molar-refractivity contribution in [1.29, 1.82) is 0 Å². The molecule has 2 aliphatic carbocycles. The number of carbonyl (C=O) groups is 1. The summed E-state index contributed by atoms with van der Waals surface area (Å²) < 4.78 is 12.9. The second kappa shape index (κ2) is 3.94. The van der Waals surface area contributed by atoms with Crippen molar-refractivity contribution in [1.82, 2.24) is 7.06 Å². The van der Waals surface area contributed by atoms with Gasteiger partial charge in [0.15, 0.2) is 0 Å². The molecular formula is C12H18I2N2O2. The van der Waals surface area contributed by atoms with Crippen molar-refractivity contribution in [3.05, 3.63) is 0 Å². The Morgan fingerprint density at radius 3 is 2.72 bits per heavy atom. The minimum absolute atomic E-state index is 0.0160. The van der Waals surface area contributed by atoms with Gasteiger partial charge in [-0.2, -0.15) is 0 Å². The van der Waals surface area contributed by atoms with E-state index in [1.807, 2.05) is 0 Å². The summed E-state index contributed by atoms with van der Waals surface area (Å²) in [6.45, 7) is 2.18. The Balaban J connectivity index is 1.47. The summed E-state index contributed by atoms with van der Waals surface area (Å²) in [5, 5.41) is 0. The van der Waals surface area contributed by atoms with E-state index in [2.05, 4.69) is 36.6 Å². The third kappa shape index (κ3) is 1.64. The van der Waals surface area contributed by atoms with Gasteiger partial charge in [0, 0.05) is 0 Å². The Bertz CT molecular complexity index is 413. The van der Waals surface area contributed by atoms with Crippen LogP contribution >= 0.6 is 43.0 Å². The molecule has 2 saturated heterocycles. The van der Waals surface area contributed by atoms with E-state index in [1.54, 1.807) is 0 Å². The zero-order chi connectivity index (χ0) is 12.5. The van der Waals surface area contributed by atoms with Gasteiger partial charge in [0.25, 0.3) is 0 Å². The molecule has 0 aromatic carbocycles. The molecule has 0 amide bonds. The predicted molar refractivity (Wildman–Crippen MR) is 85.4 cm³/mol. The second-order valence-corrected chi connectivity index (χ2v) is 11.6. The maximum atomic E-state index is 12.4. The van der Waals surface area contributed by atoms with E-state index in [1.165, 1.54) is 19.3 Å². The topological polar surface area (TPSA) is 70.2 Å². The summed E-state index contributed by atoms with van der Waals surface area (Å²) in [4.78, 5) is 12.4. The molecule has 4 atom stereocenters. The molecule has 2 aliphatic heterocycles. The van der Waals surface area contributed by atoms with E-state index in [0.29, 0.717) is 5.92 Å². The molecule has 102 valence electrons. The fourth-order valence-corrected chi connectivity index (χ4v) is 11.2. The number of hydrogen-bond donors (Lipinski definition) is 2. The van der Waals surface area contributed by atoms with Crippen molar-refractivity contribution in [2.45, 2.75) is 52.2 Å². The maximum absolute atomic E-state index is 12.4. The Kier molecular flexibility index (Phi) is 2.76. The summed E-state index contributed by atoms with van der Waals surface area (Å²) in [7, 11) is 0. The van der Waals surface area contributed by atoms with Gasteiger partial charge in [-0.15, -0.1) is 0 Å². The quantitative estimate of drug-likeness (QED) is 0.164. The van der Waals surface area contributed by atoms with Crippen LogP contribution in [0.3, 0.4) is 0 Å². The number of fused-ring (bicyclic) bond motifs is 3. The van der Waals surface area contributed by atoms with Crippen molar-refractivity contribution in [3.63, 3.8) is 0 Å². The monoisotopic (exact) mass is 476 g/mol. The molecule has 4 nitrogen and oxygen atoms in total. The predicted octanol–water partition coefficient (Wildman–Crippen LogP) is 2.50. The molecule has 0 aromatic heterocycles. The molecule has 0 aromatic rings. The molecule has 2 saturated carbocycles. The first-order chi connectivity index (χ1) is 8.59. The number of halogens is 2. The van der Waals surface area contributed by atoms with Gasteiger partial charge >= 0.3 is 130 Å². The van der Waals surface area contributed by atoms with Crippen LogP contribution in [-0.4, -0.2) is 19.2 Å². The van der Waals surface area contributed by atoms with Crippen LogP contribution in [-0.2, 0) is 9.53 Å². The number of nitrogens with one attached hydrogen (secondary N) is 2. The third-order valence-corrected chi connectivity index (χ3v) is 12.3. The summed E-state index contributed by atoms with van der Waals surface area (Å²) in [6.07, 6.45) is 5.99. The van der Waals surface area contributed by atoms with Gasteiger partial charge in [-0.25, -0.2) is 0 Å². The van der Waals surface area contributed by atoms with E-state index in [0.717, 1.165) is 18.8 Å². The molecule has 0 radical (unpaired) electrons. The van der Waals surface area contributed by atoms with Crippen LogP contribution < -0.4 is 7.06 Å². The van der Waals surface area contributed by atoms with Gasteiger partial charge in [0.1, 0.15) is 0 Å². The number of ether oxygens (including phenoxy) is 1. The number of carbonyl (C=O) groups excluding carboxylic acids is 1. The Labute approximate surface area is 129 Å². The number of rotatable bonds is 4. The molecule has 18 heavy (non-hydrogen) atoms. The summed E-state index contributed by atoms with van der Waals surface area (Å²) >= 11 is 1.23. The van der Waals surface area contributed by atoms with Gasteiger partial charge in [-0.1, -0.05) is 0 Å². The molecule has 2 N–H and O–H groups in total. The van der Waals surface area contributed by atoms with Crippen LogP contribution in [0.2, 0.25) is 0 Å².